The van der Waals surface area contributed by atoms with Crippen LogP contribution >= 0.6 is 25.3 Å². The number of aromatic nitrogens is 4. The van der Waals surface area contributed by atoms with Crippen molar-refractivity contribution in [2.75, 3.05) is 24.6 Å². The van der Waals surface area contributed by atoms with E-state index in [4.69, 9.17) is 16.9 Å². The molecular formula is C76H96N20O20S2. The molecule has 0 saturated carbocycles. The first-order valence-electron chi connectivity index (χ1n) is 37.1. The average Bonchev–Trinajstić information content (AvgIpc) is 1.67. The molecular weight excluding hydrogens is 1580 g/mol. The fourth-order valence-electron chi connectivity index (χ4n) is 12.3. The number of imidazole rings is 1. The van der Waals surface area contributed by atoms with Crippen molar-refractivity contribution in [3.05, 3.63) is 150 Å². The lowest BCUT2D eigenvalue weighted by molar-refractivity contribution is -0.139. The third-order valence-corrected chi connectivity index (χ3v) is 19.2. The number of carboxylic acid groups (broad SMARTS) is 2. The number of para-hydroxylation sites is 2. The highest BCUT2D eigenvalue weighted by Gasteiger charge is 2.39. The van der Waals surface area contributed by atoms with Crippen LogP contribution in [0.4, 0.5) is 0 Å². The van der Waals surface area contributed by atoms with Gasteiger partial charge >= 0.3 is 11.9 Å². The molecule has 13 amide bonds. The summed E-state index contributed by atoms with van der Waals surface area (Å²) < 4.78 is 0. The third kappa shape index (κ3) is 28.9. The Hall–Kier alpha value is -13.3. The van der Waals surface area contributed by atoms with Gasteiger partial charge in [0.15, 0.2) is 5.96 Å². The number of guanidine groups is 1. The van der Waals surface area contributed by atoms with E-state index in [1.807, 2.05) is 0 Å². The van der Waals surface area contributed by atoms with E-state index >= 15 is 9.59 Å². The molecule has 0 bridgehead atoms. The lowest BCUT2D eigenvalue weighted by Crippen LogP contribution is -2.62. The number of benzene rings is 4. The molecule has 7 rings (SSSR count). The molecule has 4 aromatic carbocycles. The number of H-pyrrole nitrogens is 3. The quantitative estimate of drug-likeness (QED) is 0.00761. The third-order valence-electron chi connectivity index (χ3n) is 18.5. The predicted octanol–water partition coefficient (Wildman–Crippen LogP) is -3.52. The molecule has 3 aromatic heterocycles. The zero-order valence-corrected chi connectivity index (χ0v) is 65.7. The summed E-state index contributed by atoms with van der Waals surface area (Å²) in [7, 11) is 0. The van der Waals surface area contributed by atoms with Gasteiger partial charge in [0.2, 0.25) is 76.8 Å². The van der Waals surface area contributed by atoms with E-state index in [0.717, 1.165) is 13.8 Å². The van der Waals surface area contributed by atoms with Crippen LogP contribution in [0.25, 0.3) is 21.8 Å². The minimum atomic E-state index is -1.89. The van der Waals surface area contributed by atoms with Gasteiger partial charge in [-0.15, -0.1) is 0 Å². The van der Waals surface area contributed by atoms with Crippen LogP contribution in [0, 0.1) is 5.41 Å². The van der Waals surface area contributed by atoms with Crippen LogP contribution in [-0.2, 0) is 104 Å². The van der Waals surface area contributed by atoms with E-state index in [1.54, 1.807) is 54.7 Å². The van der Waals surface area contributed by atoms with Crippen molar-refractivity contribution in [2.24, 2.45) is 11.5 Å². The Morgan fingerprint density at radius 2 is 0.822 bits per heavy atom. The number of amides is 13. The standard InChI is InChI=1S/C76H96N20O20S2/c1-38(97)64(96-68(109)51(12-7-25-81-76(78)79)87-73(114)59(35-117)86-39(2)98)75(116)94-57(29-43-32-83-50-11-6-4-9-48(43)50)70(111)88-53(22-24-63(104)105)67(108)95-60(36-118)74(115)91-55(27-41-15-19-46(100)20-16-41)69(110)92-56(28-42-31-82-49-10-5-3-8-47(42)49)71(112)93-58(30-44-33-80-37-85-44)72(113)89-52(21-23-62(102)103)66(107)90-54(65(106)84-34-61(77)101)26-40-13-17-45(99)18-14-40/h3-6,8-11,13-20,31-33,37-38,51-60,64,82-83,97,99-100,117-118H,7,12,21-30,34-36H2,1-2H3,(H2,77,101)(H,80,85)(H,84,106)(H,86,98)(H,87,114)(H,88,111)(H,89,113)(H,90,107)(H,91,115)(H,92,110)(H,93,112)(H,94,116)(H,95,108)(H,96,109)(H,102,103)(H,104,105)(H4,78,79,81)/t38-,51+,52+,53+,54+,55+,56+,57+,58+,59+,60+,64+/m1/s1. The van der Waals surface area contributed by atoms with Gasteiger partial charge in [0.05, 0.1) is 19.0 Å². The van der Waals surface area contributed by atoms with E-state index in [1.165, 1.54) is 67.3 Å². The second kappa shape index (κ2) is 45.2. The molecule has 0 radical (unpaired) electrons. The highest BCUT2D eigenvalue weighted by molar-refractivity contribution is 7.80. The molecule has 0 fully saturated rings. The number of aromatic amines is 3. The normalized spacial score (nSPS) is 14.1. The minimum Gasteiger partial charge on any atom is -0.508 e. The van der Waals surface area contributed by atoms with Crippen molar-refractivity contribution < 1.29 is 97.5 Å². The zero-order chi connectivity index (χ0) is 86.3. The first kappa shape index (κ1) is 91.9. The van der Waals surface area contributed by atoms with Crippen LogP contribution in [0.3, 0.4) is 0 Å². The number of hydrogen-bond donors (Lipinski definition) is 26. The number of phenolic OH excluding ortho intramolecular Hbond substituents is 2. The minimum absolute atomic E-state index is 0.0428. The SMILES string of the molecule is CC(=O)N[C@@H](CS)C(=O)N[C@@H](CCCNC(=N)N)C(=O)N[C@H](C(=O)N[C@@H](Cc1c[nH]c2ccccc12)C(=O)N[C@@H](CCC(=O)O)C(=O)N[C@@H](CS)C(=O)N[C@@H](Cc1ccc(O)cc1)C(=O)N[C@@H](Cc1c[nH]c2ccccc12)C(=O)N[C@@H](Cc1cnc[nH]1)C(=O)N[C@@H](CCC(=O)O)C(=O)N[C@@H](Cc1ccc(O)cc1)C(=O)NCC(N)=O)[C@@H](C)O. The fourth-order valence-corrected chi connectivity index (χ4v) is 12.9. The maximum atomic E-state index is 15.3. The van der Waals surface area contributed by atoms with Gasteiger partial charge in [-0.25, -0.2) is 4.98 Å². The first-order valence-corrected chi connectivity index (χ1v) is 38.4. The molecule has 0 aliphatic carbocycles. The fraction of sp³-hybridized carbons (Fsp3) is 0.382. The van der Waals surface area contributed by atoms with E-state index in [0.29, 0.717) is 44.1 Å². The van der Waals surface area contributed by atoms with Crippen LogP contribution in [0.1, 0.15) is 80.3 Å². The largest absolute Gasteiger partial charge is 0.508 e. The Balaban J connectivity index is 1.16. The molecule has 7 aromatic rings. The summed E-state index contributed by atoms with van der Waals surface area (Å²) in [6.07, 6.45) is -0.701. The number of carbonyl (C=O) groups is 15. The Morgan fingerprint density at radius 3 is 1.23 bits per heavy atom. The summed E-state index contributed by atoms with van der Waals surface area (Å²) in [5.41, 5.74) is 13.7. The van der Waals surface area contributed by atoms with E-state index < -0.39 is 218 Å². The van der Waals surface area contributed by atoms with Crippen LogP contribution in [0.5, 0.6) is 11.5 Å². The lowest BCUT2D eigenvalue weighted by Gasteiger charge is -2.29. The van der Waals surface area contributed by atoms with E-state index in [9.17, 15) is 87.9 Å². The number of carboxylic acids is 2. The molecule has 3 heterocycles. The Labute approximate surface area is 685 Å². The predicted molar refractivity (Wildman–Crippen MR) is 431 cm³/mol. The number of carbonyl (C=O) groups excluding carboxylic acids is 13. The second-order valence-electron chi connectivity index (χ2n) is 27.6. The number of aliphatic hydroxyl groups excluding tert-OH is 1. The molecule has 0 spiro atoms. The van der Waals surface area contributed by atoms with Gasteiger partial charge in [0, 0.05) is 116 Å². The van der Waals surface area contributed by atoms with Crippen molar-refractivity contribution in [1.82, 2.24) is 89.1 Å². The van der Waals surface area contributed by atoms with Crippen LogP contribution in [0.15, 0.2) is 122 Å². The Kier molecular flexibility index (Phi) is 35.2. The monoisotopic (exact) mass is 1670 g/mol. The number of phenols is 2. The molecule has 0 saturated heterocycles. The first-order chi connectivity index (χ1) is 56.2. The van der Waals surface area contributed by atoms with Crippen LogP contribution < -0.4 is 80.6 Å². The van der Waals surface area contributed by atoms with Gasteiger partial charge < -0.3 is 121 Å². The topological polar surface area (TPSA) is 650 Å². The lowest BCUT2D eigenvalue weighted by atomic mass is 10.0. The molecule has 632 valence electrons. The van der Waals surface area contributed by atoms with Gasteiger partial charge in [-0.2, -0.15) is 25.3 Å². The highest BCUT2D eigenvalue weighted by Crippen LogP contribution is 2.23. The average molecular weight is 1670 g/mol. The molecule has 42 heteroatoms. The molecule has 0 aliphatic rings. The number of fused-ring (bicyclic) bond motifs is 2. The molecule has 0 unspecified atom stereocenters. The molecule has 118 heavy (non-hydrogen) atoms. The van der Waals surface area contributed by atoms with Crippen molar-refractivity contribution in [2.45, 2.75) is 157 Å². The molecule has 0 aliphatic heterocycles. The number of aliphatic hydroxyl groups is 1. The molecule has 12 atom stereocenters. The van der Waals surface area contributed by atoms with Crippen LogP contribution in [-0.4, -0.2) is 237 Å². The maximum absolute atomic E-state index is 15.3. The highest BCUT2D eigenvalue weighted by atomic mass is 32.1. The Morgan fingerprint density at radius 1 is 0.449 bits per heavy atom. The summed E-state index contributed by atoms with van der Waals surface area (Å²) in [5.74, 6) is -17.6. The summed E-state index contributed by atoms with van der Waals surface area (Å²) in [4.78, 5) is 221. The summed E-state index contributed by atoms with van der Waals surface area (Å²) >= 11 is 8.50. The number of aliphatic carboxylic acids is 2. The number of primary amides is 1. The van der Waals surface area contributed by atoms with Gasteiger partial charge in [-0.3, -0.25) is 77.3 Å². The van der Waals surface area contributed by atoms with Crippen molar-refractivity contribution in [3.8, 4) is 11.5 Å². The number of rotatable bonds is 47. The van der Waals surface area contributed by atoms with Crippen molar-refractivity contribution in [1.29, 1.82) is 5.41 Å². The van der Waals surface area contributed by atoms with E-state index in [-0.39, 0.29) is 61.6 Å². The van der Waals surface area contributed by atoms with Gasteiger partial charge in [0.1, 0.15) is 78.0 Å². The molecule has 40 nitrogen and oxygen atoms in total. The summed E-state index contributed by atoms with van der Waals surface area (Å²) in [5, 5.41) is 92.3. The summed E-state index contributed by atoms with van der Waals surface area (Å²) in [6.45, 7) is 1.68. The summed E-state index contributed by atoms with van der Waals surface area (Å²) in [6, 6.07) is 6.25. The number of nitrogens with two attached hydrogens (primary N) is 2. The number of thiol groups is 2. The number of hydrogen-bond acceptors (Lipinski definition) is 22. The number of nitrogens with one attached hydrogen (secondary N) is 17. The number of nitrogens with zero attached hydrogens (tertiary/aromatic N) is 1. The number of aromatic hydroxyl groups is 2. The second-order valence-corrected chi connectivity index (χ2v) is 28.3. The van der Waals surface area contributed by atoms with Crippen molar-refractivity contribution >= 4 is 142 Å². The zero-order valence-electron chi connectivity index (χ0n) is 63.9. The maximum Gasteiger partial charge on any atom is 0.303 e. The molecule has 26 N–H and O–H groups in total. The van der Waals surface area contributed by atoms with E-state index in [2.05, 4.69) is 114 Å². The Bertz CT molecular complexity index is 4720. The van der Waals surface area contributed by atoms with Gasteiger partial charge in [0.25, 0.3) is 0 Å². The van der Waals surface area contributed by atoms with Crippen molar-refractivity contribution in [3.63, 3.8) is 0 Å². The smallest absolute Gasteiger partial charge is 0.303 e. The van der Waals surface area contributed by atoms with Gasteiger partial charge in [-0.1, -0.05) is 60.7 Å². The van der Waals surface area contributed by atoms with Gasteiger partial charge in [-0.05, 0) is 91.3 Å². The van der Waals surface area contributed by atoms with Crippen LogP contribution in [0.2, 0.25) is 0 Å².